The second-order valence-electron chi connectivity index (χ2n) is 5.67. The number of hydrogen-bond acceptors (Lipinski definition) is 5. The molecule has 0 fully saturated rings. The number of carbonyl (C=O) groups is 2. The Morgan fingerprint density at radius 3 is 2.46 bits per heavy atom. The van der Waals surface area contributed by atoms with Gasteiger partial charge in [0.15, 0.2) is 5.11 Å². The molecule has 1 aromatic heterocycles. The molecule has 3 aromatic rings. The predicted molar refractivity (Wildman–Crippen MR) is 117 cm³/mol. The summed E-state index contributed by atoms with van der Waals surface area (Å²) in [4.78, 5) is 24.5. The van der Waals surface area contributed by atoms with Crippen molar-refractivity contribution in [2.75, 3.05) is 19.5 Å². The van der Waals surface area contributed by atoms with Crippen LogP contribution < -0.4 is 20.7 Å². The van der Waals surface area contributed by atoms with Crippen molar-refractivity contribution >= 4 is 67.9 Å². The molecule has 9 heteroatoms. The van der Waals surface area contributed by atoms with E-state index in [9.17, 15) is 9.59 Å². The van der Waals surface area contributed by atoms with E-state index in [1.807, 2.05) is 12.1 Å². The Labute approximate surface area is 175 Å². The van der Waals surface area contributed by atoms with Crippen LogP contribution >= 0.6 is 35.2 Å². The molecule has 0 saturated heterocycles. The molecule has 0 aliphatic heterocycles. The molecule has 0 saturated carbocycles. The van der Waals surface area contributed by atoms with Crippen LogP contribution in [0.25, 0.3) is 10.1 Å². The van der Waals surface area contributed by atoms with Crippen LogP contribution in [0.2, 0.25) is 5.02 Å². The smallest absolute Gasteiger partial charge is 0.269 e. The molecular weight excluding hydrogens is 418 g/mol. The molecule has 144 valence electrons. The number of thiocarbonyl (C=S) groups is 1. The van der Waals surface area contributed by atoms with Crippen LogP contribution in [0.1, 0.15) is 20.0 Å². The van der Waals surface area contributed by atoms with E-state index in [0.29, 0.717) is 26.9 Å². The number of halogens is 1. The number of nitrogens with one attached hydrogen (secondary N) is 3. The van der Waals surface area contributed by atoms with E-state index in [1.54, 1.807) is 44.5 Å². The summed E-state index contributed by atoms with van der Waals surface area (Å²) in [6.07, 6.45) is 0. The van der Waals surface area contributed by atoms with Gasteiger partial charge in [0.1, 0.15) is 10.6 Å². The molecule has 3 N–H and O–H groups in total. The molecule has 2 aromatic carbocycles. The molecule has 0 atom stereocenters. The molecule has 3 rings (SSSR count). The molecule has 0 aliphatic rings. The van der Waals surface area contributed by atoms with Gasteiger partial charge in [-0.15, -0.1) is 11.3 Å². The first-order valence-electron chi connectivity index (χ1n) is 8.13. The summed E-state index contributed by atoms with van der Waals surface area (Å²) >= 11 is 12.8. The van der Waals surface area contributed by atoms with Crippen LogP contribution in [0.3, 0.4) is 0 Å². The molecule has 0 aliphatic carbocycles. The summed E-state index contributed by atoms with van der Waals surface area (Å²) in [5, 5.41) is 9.36. The van der Waals surface area contributed by atoms with Gasteiger partial charge < -0.3 is 15.4 Å². The number of carbonyl (C=O) groups excluding carboxylic acids is 2. The van der Waals surface area contributed by atoms with E-state index in [-0.39, 0.29) is 11.0 Å². The molecule has 0 bridgehead atoms. The van der Waals surface area contributed by atoms with Gasteiger partial charge >= 0.3 is 0 Å². The summed E-state index contributed by atoms with van der Waals surface area (Å²) in [7, 11) is 3.14. The summed E-state index contributed by atoms with van der Waals surface area (Å²) in [6, 6.07) is 12.1. The Bertz CT molecular complexity index is 1060. The Balaban J connectivity index is 1.70. The lowest BCUT2D eigenvalue weighted by Gasteiger charge is -2.09. The fraction of sp³-hybridized carbons (Fsp3) is 0.105. The average molecular weight is 434 g/mol. The third-order valence-electron chi connectivity index (χ3n) is 3.90. The van der Waals surface area contributed by atoms with Gasteiger partial charge in [0.25, 0.3) is 11.8 Å². The molecule has 6 nitrogen and oxygen atoms in total. The SMILES string of the molecule is CNC(=O)c1ccc(NC(=S)NC(=O)c2sc3cc(OC)ccc3c2Cl)cc1. The maximum Gasteiger partial charge on any atom is 0.269 e. The van der Waals surface area contributed by atoms with Crippen LogP contribution in [0.5, 0.6) is 5.75 Å². The third kappa shape index (κ3) is 4.24. The van der Waals surface area contributed by atoms with Crippen LogP contribution in [0.15, 0.2) is 42.5 Å². The van der Waals surface area contributed by atoms with Gasteiger partial charge in [0.05, 0.1) is 12.1 Å². The molecular formula is C19H16ClN3O3S2. The van der Waals surface area contributed by atoms with E-state index in [2.05, 4.69) is 16.0 Å². The van der Waals surface area contributed by atoms with Crippen molar-refractivity contribution in [3.8, 4) is 5.75 Å². The minimum Gasteiger partial charge on any atom is -0.497 e. The average Bonchev–Trinajstić information content (AvgIpc) is 3.03. The lowest BCUT2D eigenvalue weighted by Crippen LogP contribution is -2.33. The number of anilines is 1. The zero-order valence-corrected chi connectivity index (χ0v) is 17.3. The highest BCUT2D eigenvalue weighted by atomic mass is 35.5. The zero-order chi connectivity index (χ0) is 20.3. The van der Waals surface area contributed by atoms with Gasteiger partial charge in [-0.05, 0) is 54.7 Å². The van der Waals surface area contributed by atoms with Crippen molar-refractivity contribution in [2.24, 2.45) is 0 Å². The molecule has 28 heavy (non-hydrogen) atoms. The topological polar surface area (TPSA) is 79.5 Å². The van der Waals surface area contributed by atoms with E-state index in [0.717, 1.165) is 10.1 Å². The lowest BCUT2D eigenvalue weighted by molar-refractivity contribution is 0.0960. The fourth-order valence-electron chi connectivity index (χ4n) is 2.49. The minimum absolute atomic E-state index is 0.129. The summed E-state index contributed by atoms with van der Waals surface area (Å²) < 4.78 is 6.05. The van der Waals surface area contributed by atoms with Crippen LogP contribution in [0, 0.1) is 0 Å². The first-order valence-corrected chi connectivity index (χ1v) is 9.73. The fourth-order valence-corrected chi connectivity index (χ4v) is 4.14. The molecule has 2 amide bonds. The number of fused-ring (bicyclic) bond motifs is 1. The standard InChI is InChI=1S/C19H16ClN3O3S2/c1-21-17(24)10-3-5-11(6-4-10)22-19(27)23-18(25)16-15(20)13-8-7-12(26-2)9-14(13)28-16/h3-9H,1-2H3,(H,21,24)(H2,22,23,25,27). The Morgan fingerprint density at radius 2 is 1.82 bits per heavy atom. The van der Waals surface area contributed by atoms with Gasteiger partial charge in [0.2, 0.25) is 0 Å². The minimum atomic E-state index is -0.398. The number of hydrogen-bond donors (Lipinski definition) is 3. The summed E-state index contributed by atoms with van der Waals surface area (Å²) in [6.45, 7) is 0. The van der Waals surface area contributed by atoms with E-state index in [4.69, 9.17) is 28.6 Å². The second-order valence-corrected chi connectivity index (χ2v) is 7.51. The second kappa shape index (κ2) is 8.55. The number of rotatable bonds is 4. The van der Waals surface area contributed by atoms with Crippen molar-refractivity contribution in [1.82, 2.24) is 10.6 Å². The first kappa shape index (κ1) is 20.1. The molecule has 1 heterocycles. The van der Waals surface area contributed by atoms with E-state index >= 15 is 0 Å². The Kier molecular flexibility index (Phi) is 6.13. The maximum atomic E-state index is 12.6. The Morgan fingerprint density at radius 1 is 1.11 bits per heavy atom. The van der Waals surface area contributed by atoms with Gasteiger partial charge in [-0.3, -0.25) is 14.9 Å². The highest BCUT2D eigenvalue weighted by Crippen LogP contribution is 2.37. The van der Waals surface area contributed by atoms with Gasteiger partial charge in [-0.25, -0.2) is 0 Å². The van der Waals surface area contributed by atoms with Crippen LogP contribution in [-0.4, -0.2) is 31.1 Å². The number of benzene rings is 2. The molecule has 0 radical (unpaired) electrons. The monoisotopic (exact) mass is 433 g/mol. The van der Waals surface area contributed by atoms with Crippen LogP contribution in [-0.2, 0) is 0 Å². The van der Waals surface area contributed by atoms with Crippen molar-refractivity contribution in [1.29, 1.82) is 0 Å². The molecule has 0 unspecified atom stereocenters. The zero-order valence-electron chi connectivity index (χ0n) is 15.0. The number of methoxy groups -OCH3 is 1. The lowest BCUT2D eigenvalue weighted by atomic mass is 10.2. The largest absolute Gasteiger partial charge is 0.497 e. The van der Waals surface area contributed by atoms with Crippen molar-refractivity contribution < 1.29 is 14.3 Å². The number of amides is 2. The van der Waals surface area contributed by atoms with Gasteiger partial charge in [-0.2, -0.15) is 0 Å². The van der Waals surface area contributed by atoms with Gasteiger partial charge in [0, 0.05) is 28.4 Å². The number of ether oxygens (including phenoxy) is 1. The first-order chi connectivity index (χ1) is 13.4. The Hall–Kier alpha value is -2.68. The summed E-state index contributed by atoms with van der Waals surface area (Å²) in [5.41, 5.74) is 1.17. The maximum absolute atomic E-state index is 12.6. The predicted octanol–water partition coefficient (Wildman–Crippen LogP) is 4.05. The molecule has 0 spiro atoms. The van der Waals surface area contributed by atoms with Gasteiger partial charge in [-0.1, -0.05) is 11.6 Å². The number of thiophene rings is 1. The van der Waals surface area contributed by atoms with E-state index < -0.39 is 5.91 Å². The summed E-state index contributed by atoms with van der Waals surface area (Å²) in [5.74, 6) is 0.109. The third-order valence-corrected chi connectivity index (χ3v) is 5.76. The normalized spacial score (nSPS) is 10.4. The highest BCUT2D eigenvalue weighted by molar-refractivity contribution is 7.80. The van der Waals surface area contributed by atoms with Crippen molar-refractivity contribution in [2.45, 2.75) is 0 Å². The van der Waals surface area contributed by atoms with Crippen molar-refractivity contribution in [3.05, 3.63) is 57.9 Å². The highest BCUT2D eigenvalue weighted by Gasteiger charge is 2.18. The van der Waals surface area contributed by atoms with Crippen LogP contribution in [0.4, 0.5) is 5.69 Å². The van der Waals surface area contributed by atoms with E-state index in [1.165, 1.54) is 11.3 Å². The quantitative estimate of drug-likeness (QED) is 0.541. The van der Waals surface area contributed by atoms with Crippen molar-refractivity contribution in [3.63, 3.8) is 0 Å².